The van der Waals surface area contributed by atoms with E-state index in [2.05, 4.69) is 10.6 Å². The van der Waals surface area contributed by atoms with Gasteiger partial charge in [-0.05, 0) is 24.3 Å². The van der Waals surface area contributed by atoms with Crippen molar-refractivity contribution in [2.75, 3.05) is 19.0 Å². The summed E-state index contributed by atoms with van der Waals surface area (Å²) in [6.07, 6.45) is -0.934. The number of carbonyl (C=O) groups excluding carboxylic acids is 1. The fourth-order valence-corrected chi connectivity index (χ4v) is 2.48. The first-order valence-electron chi connectivity index (χ1n) is 6.81. The van der Waals surface area contributed by atoms with Crippen LogP contribution >= 0.6 is 23.2 Å². The minimum atomic E-state index is -0.934. The van der Waals surface area contributed by atoms with Gasteiger partial charge in [-0.1, -0.05) is 35.3 Å². The number of amides is 2. The first kappa shape index (κ1) is 17.4. The SMILES string of the molecule is COc1cccc(NC(=O)NCC(O)c2ccc(Cl)cc2Cl)c1. The number of ether oxygens (including phenoxy) is 1. The maximum atomic E-state index is 11.9. The van der Waals surface area contributed by atoms with E-state index in [1.54, 1.807) is 43.5 Å². The van der Waals surface area contributed by atoms with Crippen molar-refractivity contribution in [1.29, 1.82) is 0 Å². The zero-order chi connectivity index (χ0) is 16.8. The van der Waals surface area contributed by atoms with Crippen LogP contribution in [0.3, 0.4) is 0 Å². The second kappa shape index (κ2) is 8.06. The smallest absolute Gasteiger partial charge is 0.319 e. The van der Waals surface area contributed by atoms with Crippen molar-refractivity contribution in [3.63, 3.8) is 0 Å². The molecule has 3 N–H and O–H groups in total. The van der Waals surface area contributed by atoms with E-state index < -0.39 is 12.1 Å². The predicted molar refractivity (Wildman–Crippen MR) is 91.4 cm³/mol. The summed E-state index contributed by atoms with van der Waals surface area (Å²) in [5.41, 5.74) is 1.08. The second-order valence-corrected chi connectivity index (χ2v) is 5.59. The topological polar surface area (TPSA) is 70.6 Å². The van der Waals surface area contributed by atoms with Crippen LogP contribution in [0.1, 0.15) is 11.7 Å². The van der Waals surface area contributed by atoms with E-state index in [0.29, 0.717) is 27.0 Å². The zero-order valence-electron chi connectivity index (χ0n) is 12.3. The third kappa shape index (κ3) is 5.03. The van der Waals surface area contributed by atoms with Crippen LogP contribution in [0.2, 0.25) is 10.0 Å². The Balaban J connectivity index is 1.90. The molecule has 0 heterocycles. The van der Waals surface area contributed by atoms with Gasteiger partial charge < -0.3 is 20.5 Å². The van der Waals surface area contributed by atoms with Gasteiger partial charge in [0.15, 0.2) is 0 Å². The lowest BCUT2D eigenvalue weighted by Gasteiger charge is -2.14. The van der Waals surface area contributed by atoms with Gasteiger partial charge in [-0.25, -0.2) is 4.79 Å². The first-order chi connectivity index (χ1) is 11.0. The van der Waals surface area contributed by atoms with E-state index in [9.17, 15) is 9.90 Å². The molecule has 1 unspecified atom stereocenters. The molecule has 0 spiro atoms. The van der Waals surface area contributed by atoms with Crippen LogP contribution < -0.4 is 15.4 Å². The molecule has 5 nitrogen and oxygen atoms in total. The largest absolute Gasteiger partial charge is 0.497 e. The van der Waals surface area contributed by atoms with Crippen LogP contribution in [0.25, 0.3) is 0 Å². The van der Waals surface area contributed by atoms with E-state index in [4.69, 9.17) is 27.9 Å². The van der Waals surface area contributed by atoms with Gasteiger partial charge >= 0.3 is 6.03 Å². The number of rotatable bonds is 5. The molecular formula is C16H16Cl2N2O3. The summed E-state index contributed by atoms with van der Waals surface area (Å²) in [7, 11) is 1.55. The highest BCUT2D eigenvalue weighted by Crippen LogP contribution is 2.26. The van der Waals surface area contributed by atoms with Crippen LogP contribution in [-0.2, 0) is 0 Å². The molecule has 0 aromatic heterocycles. The maximum Gasteiger partial charge on any atom is 0.319 e. The summed E-state index contributed by atoms with van der Waals surface area (Å²) in [4.78, 5) is 11.9. The van der Waals surface area contributed by atoms with Crippen molar-refractivity contribution in [2.24, 2.45) is 0 Å². The van der Waals surface area contributed by atoms with Gasteiger partial charge in [0.1, 0.15) is 5.75 Å². The lowest BCUT2D eigenvalue weighted by molar-refractivity contribution is 0.175. The van der Waals surface area contributed by atoms with E-state index in [1.165, 1.54) is 6.07 Å². The minimum Gasteiger partial charge on any atom is -0.497 e. The number of methoxy groups -OCH3 is 1. The number of hydrogen-bond acceptors (Lipinski definition) is 3. The third-order valence-corrected chi connectivity index (χ3v) is 3.67. The predicted octanol–water partition coefficient (Wildman–Crippen LogP) is 3.86. The van der Waals surface area contributed by atoms with E-state index in [1.807, 2.05) is 0 Å². The summed E-state index contributed by atoms with van der Waals surface area (Å²) in [6, 6.07) is 11.3. The van der Waals surface area contributed by atoms with E-state index in [-0.39, 0.29) is 6.54 Å². The number of nitrogens with one attached hydrogen (secondary N) is 2. The molecule has 0 bridgehead atoms. The molecule has 0 radical (unpaired) electrons. The van der Waals surface area contributed by atoms with Gasteiger partial charge in [0.25, 0.3) is 0 Å². The average molecular weight is 355 g/mol. The quantitative estimate of drug-likeness (QED) is 0.763. The number of anilines is 1. The summed E-state index contributed by atoms with van der Waals surface area (Å²) < 4.78 is 5.08. The van der Waals surface area contributed by atoms with Gasteiger partial charge in [0.05, 0.1) is 13.2 Å². The van der Waals surface area contributed by atoms with Crippen LogP contribution in [0.15, 0.2) is 42.5 Å². The molecule has 122 valence electrons. The Bertz CT molecular complexity index is 695. The molecule has 23 heavy (non-hydrogen) atoms. The number of carbonyl (C=O) groups is 1. The van der Waals surface area contributed by atoms with Crippen molar-refractivity contribution >= 4 is 34.9 Å². The van der Waals surface area contributed by atoms with Crippen molar-refractivity contribution in [1.82, 2.24) is 5.32 Å². The van der Waals surface area contributed by atoms with Gasteiger partial charge in [0, 0.05) is 33.9 Å². The Morgan fingerprint density at radius 3 is 2.74 bits per heavy atom. The Morgan fingerprint density at radius 2 is 2.04 bits per heavy atom. The standard InChI is InChI=1S/C16H16Cl2N2O3/c1-23-12-4-2-3-11(8-12)20-16(22)19-9-15(21)13-6-5-10(17)7-14(13)18/h2-8,15,21H,9H2,1H3,(H2,19,20,22). The maximum absolute atomic E-state index is 11.9. The molecule has 0 aliphatic heterocycles. The van der Waals surface area contributed by atoms with Gasteiger partial charge in [-0.3, -0.25) is 0 Å². The Morgan fingerprint density at radius 1 is 1.26 bits per heavy atom. The molecule has 2 amide bonds. The minimum absolute atomic E-state index is 0.0111. The van der Waals surface area contributed by atoms with Crippen molar-refractivity contribution in [3.8, 4) is 5.75 Å². The first-order valence-corrected chi connectivity index (χ1v) is 7.57. The van der Waals surface area contributed by atoms with Crippen molar-refractivity contribution < 1.29 is 14.6 Å². The Kier molecular flexibility index (Phi) is 6.10. The molecule has 0 aliphatic rings. The summed E-state index contributed by atoms with van der Waals surface area (Å²) >= 11 is 11.8. The monoisotopic (exact) mass is 354 g/mol. The highest BCUT2D eigenvalue weighted by Gasteiger charge is 2.13. The summed E-state index contributed by atoms with van der Waals surface area (Å²) in [5, 5.41) is 16.2. The fraction of sp³-hybridized carbons (Fsp3) is 0.188. The molecular weight excluding hydrogens is 339 g/mol. The molecule has 0 saturated carbocycles. The summed E-state index contributed by atoms with van der Waals surface area (Å²) in [5.74, 6) is 0.635. The molecule has 2 aromatic carbocycles. The zero-order valence-corrected chi connectivity index (χ0v) is 13.9. The van der Waals surface area contributed by atoms with Crippen molar-refractivity contribution in [2.45, 2.75) is 6.10 Å². The number of urea groups is 1. The van der Waals surface area contributed by atoms with Gasteiger partial charge in [-0.2, -0.15) is 0 Å². The van der Waals surface area contributed by atoms with Crippen LogP contribution in [-0.4, -0.2) is 24.8 Å². The lowest BCUT2D eigenvalue weighted by atomic mass is 10.1. The van der Waals surface area contributed by atoms with Gasteiger partial charge in [0.2, 0.25) is 0 Å². The molecule has 1 atom stereocenters. The molecule has 2 aromatic rings. The highest BCUT2D eigenvalue weighted by atomic mass is 35.5. The number of benzene rings is 2. The Hall–Kier alpha value is -1.95. The van der Waals surface area contributed by atoms with Crippen LogP contribution in [0, 0.1) is 0 Å². The number of aliphatic hydroxyl groups is 1. The molecule has 0 aliphatic carbocycles. The number of halogens is 2. The number of aliphatic hydroxyl groups excluding tert-OH is 1. The van der Waals surface area contributed by atoms with Gasteiger partial charge in [-0.15, -0.1) is 0 Å². The van der Waals surface area contributed by atoms with E-state index in [0.717, 1.165) is 0 Å². The average Bonchev–Trinajstić information content (AvgIpc) is 2.53. The Labute approximate surface area is 144 Å². The van der Waals surface area contributed by atoms with Crippen LogP contribution in [0.4, 0.5) is 10.5 Å². The van der Waals surface area contributed by atoms with Crippen LogP contribution in [0.5, 0.6) is 5.75 Å². The fourth-order valence-electron chi connectivity index (χ4n) is 1.95. The lowest BCUT2D eigenvalue weighted by Crippen LogP contribution is -2.32. The number of hydrogen-bond donors (Lipinski definition) is 3. The molecule has 0 saturated heterocycles. The second-order valence-electron chi connectivity index (χ2n) is 4.75. The van der Waals surface area contributed by atoms with Crippen molar-refractivity contribution in [3.05, 3.63) is 58.1 Å². The third-order valence-electron chi connectivity index (χ3n) is 3.11. The van der Waals surface area contributed by atoms with E-state index >= 15 is 0 Å². The highest BCUT2D eigenvalue weighted by molar-refractivity contribution is 6.35. The summed E-state index contributed by atoms with van der Waals surface area (Å²) in [6.45, 7) is 0.0111. The normalized spacial score (nSPS) is 11.7. The molecule has 2 rings (SSSR count). The molecule has 0 fully saturated rings. The molecule has 7 heteroatoms.